The molecular weight excluding hydrogens is 548 g/mol. The summed E-state index contributed by atoms with van der Waals surface area (Å²) >= 11 is 0. The molecule has 43 heavy (non-hydrogen) atoms. The number of anilines is 1. The molecule has 10 nitrogen and oxygen atoms in total. The van der Waals surface area contributed by atoms with E-state index in [0.717, 1.165) is 36.6 Å². The lowest BCUT2D eigenvalue weighted by molar-refractivity contribution is 0.0410. The SMILES string of the molecule is CCC(C)(CN(C)Cc1ccc2c(c1)OCO2)C(C)CN(C(=O)c1cccc(NC(=O)c2ccncc2)c1O)C(C)CO. The predicted octanol–water partition coefficient (Wildman–Crippen LogP) is 4.78. The van der Waals surface area contributed by atoms with Gasteiger partial charge in [-0.2, -0.15) is 0 Å². The lowest BCUT2D eigenvalue weighted by Crippen LogP contribution is -2.48. The Morgan fingerprint density at radius 2 is 1.81 bits per heavy atom. The number of nitrogens with zero attached hydrogens (tertiary/aromatic N) is 3. The van der Waals surface area contributed by atoms with Crippen molar-refractivity contribution in [2.24, 2.45) is 11.3 Å². The molecule has 3 unspecified atom stereocenters. The summed E-state index contributed by atoms with van der Waals surface area (Å²) in [5, 5.41) is 23.8. The van der Waals surface area contributed by atoms with Gasteiger partial charge in [0.2, 0.25) is 6.79 Å². The van der Waals surface area contributed by atoms with Crippen LogP contribution in [0, 0.1) is 11.3 Å². The molecule has 230 valence electrons. The van der Waals surface area contributed by atoms with Gasteiger partial charge in [0, 0.05) is 37.6 Å². The van der Waals surface area contributed by atoms with Gasteiger partial charge in [-0.05, 0) is 73.7 Å². The van der Waals surface area contributed by atoms with Gasteiger partial charge in [-0.3, -0.25) is 14.6 Å². The summed E-state index contributed by atoms with van der Waals surface area (Å²) in [7, 11) is 2.08. The van der Waals surface area contributed by atoms with Crippen LogP contribution in [-0.2, 0) is 6.54 Å². The number of amides is 2. The minimum absolute atomic E-state index is 0.0476. The molecule has 1 aromatic heterocycles. The first-order chi connectivity index (χ1) is 20.6. The summed E-state index contributed by atoms with van der Waals surface area (Å²) in [5.74, 6) is 0.395. The van der Waals surface area contributed by atoms with Gasteiger partial charge in [-0.25, -0.2) is 0 Å². The highest BCUT2D eigenvalue weighted by molar-refractivity contribution is 6.06. The van der Waals surface area contributed by atoms with Gasteiger partial charge in [-0.1, -0.05) is 32.9 Å². The first kappa shape index (κ1) is 31.8. The first-order valence-corrected chi connectivity index (χ1v) is 14.6. The molecule has 0 aliphatic carbocycles. The molecule has 3 N–H and O–H groups in total. The molecule has 0 radical (unpaired) electrons. The van der Waals surface area contributed by atoms with Crippen LogP contribution in [0.1, 0.15) is 60.4 Å². The fourth-order valence-corrected chi connectivity index (χ4v) is 5.39. The average molecular weight is 591 g/mol. The average Bonchev–Trinajstić information content (AvgIpc) is 3.48. The summed E-state index contributed by atoms with van der Waals surface area (Å²) in [5.41, 5.74) is 1.51. The summed E-state index contributed by atoms with van der Waals surface area (Å²) in [6.45, 7) is 10.1. The zero-order chi connectivity index (χ0) is 31.1. The highest BCUT2D eigenvalue weighted by Crippen LogP contribution is 2.36. The van der Waals surface area contributed by atoms with E-state index in [1.165, 1.54) is 24.5 Å². The maximum absolute atomic E-state index is 13.9. The fourth-order valence-electron chi connectivity index (χ4n) is 5.39. The van der Waals surface area contributed by atoms with Crippen molar-refractivity contribution in [1.82, 2.24) is 14.8 Å². The summed E-state index contributed by atoms with van der Waals surface area (Å²) in [6, 6.07) is 13.3. The van der Waals surface area contributed by atoms with Gasteiger partial charge in [0.05, 0.1) is 23.9 Å². The second kappa shape index (κ2) is 13.9. The zero-order valence-corrected chi connectivity index (χ0v) is 25.5. The molecule has 0 fully saturated rings. The lowest BCUT2D eigenvalue weighted by Gasteiger charge is -2.42. The summed E-state index contributed by atoms with van der Waals surface area (Å²) in [6.07, 6.45) is 3.88. The van der Waals surface area contributed by atoms with Crippen LogP contribution in [0.5, 0.6) is 17.2 Å². The number of phenols is 1. The smallest absolute Gasteiger partial charge is 0.258 e. The number of nitrogens with one attached hydrogen (secondary N) is 1. The van der Waals surface area contributed by atoms with Gasteiger partial charge < -0.3 is 34.8 Å². The number of aliphatic hydroxyl groups excluding tert-OH is 1. The van der Waals surface area contributed by atoms with Crippen LogP contribution in [0.25, 0.3) is 0 Å². The Morgan fingerprint density at radius 3 is 2.51 bits per heavy atom. The van der Waals surface area contributed by atoms with E-state index in [9.17, 15) is 19.8 Å². The van der Waals surface area contributed by atoms with Gasteiger partial charge in [0.1, 0.15) is 0 Å². The van der Waals surface area contributed by atoms with Crippen LogP contribution < -0.4 is 14.8 Å². The Bertz CT molecular complexity index is 1420. The van der Waals surface area contributed by atoms with Crippen LogP contribution in [0.4, 0.5) is 5.69 Å². The number of hydrogen-bond donors (Lipinski definition) is 3. The van der Waals surface area contributed by atoms with E-state index >= 15 is 0 Å². The van der Waals surface area contributed by atoms with E-state index in [0.29, 0.717) is 12.1 Å². The molecular formula is C33H42N4O6. The molecule has 2 heterocycles. The first-order valence-electron chi connectivity index (χ1n) is 14.6. The van der Waals surface area contributed by atoms with Gasteiger partial charge >= 0.3 is 0 Å². The predicted molar refractivity (Wildman–Crippen MR) is 164 cm³/mol. The van der Waals surface area contributed by atoms with E-state index in [1.54, 1.807) is 30.0 Å². The van der Waals surface area contributed by atoms with Crippen molar-refractivity contribution < 1.29 is 29.3 Å². The maximum atomic E-state index is 13.9. The van der Waals surface area contributed by atoms with Crippen molar-refractivity contribution >= 4 is 17.5 Å². The number of ether oxygens (including phenoxy) is 2. The second-order valence-corrected chi connectivity index (χ2v) is 11.6. The number of aromatic hydroxyl groups is 1. The summed E-state index contributed by atoms with van der Waals surface area (Å²) < 4.78 is 11.0. The third-order valence-electron chi connectivity index (χ3n) is 8.50. The van der Waals surface area contributed by atoms with Gasteiger partial charge in [-0.15, -0.1) is 0 Å². The quantitative estimate of drug-likeness (QED) is 0.243. The molecule has 3 aromatic rings. The third-order valence-corrected chi connectivity index (χ3v) is 8.50. The van der Waals surface area contributed by atoms with E-state index in [-0.39, 0.29) is 41.7 Å². The molecule has 0 bridgehead atoms. The second-order valence-electron chi connectivity index (χ2n) is 11.6. The van der Waals surface area contributed by atoms with Crippen molar-refractivity contribution in [2.45, 2.75) is 46.7 Å². The number of aromatic nitrogens is 1. The number of benzene rings is 2. The van der Waals surface area contributed by atoms with Crippen molar-refractivity contribution in [1.29, 1.82) is 0 Å². The Morgan fingerprint density at radius 1 is 1.09 bits per heavy atom. The molecule has 0 spiro atoms. The standard InChI is InChI=1S/C33H42N4O6/c1-6-33(4,20-36(5)18-24-10-11-28-29(16-24)43-21-42-28)22(2)17-37(23(3)19-38)32(41)26-8-7-9-27(30(26)39)35-31(40)25-12-14-34-15-13-25/h7-16,22-23,38-39H,6,17-21H2,1-5H3,(H,35,40). The van der Waals surface area contributed by atoms with E-state index in [1.807, 2.05) is 18.2 Å². The van der Waals surface area contributed by atoms with E-state index in [4.69, 9.17) is 9.47 Å². The van der Waals surface area contributed by atoms with Crippen molar-refractivity contribution in [3.8, 4) is 17.2 Å². The fraction of sp³-hybridized carbons (Fsp3) is 0.424. The maximum Gasteiger partial charge on any atom is 0.258 e. The van der Waals surface area contributed by atoms with E-state index in [2.05, 4.69) is 43.0 Å². The normalized spacial score (nSPS) is 15.0. The topological polar surface area (TPSA) is 124 Å². The largest absolute Gasteiger partial charge is 0.505 e. The van der Waals surface area contributed by atoms with Crippen LogP contribution in [0.15, 0.2) is 60.9 Å². The molecule has 2 aromatic carbocycles. The number of carbonyl (C=O) groups is 2. The number of phenolic OH excluding ortho intramolecular Hbond substituents is 1. The molecule has 0 saturated carbocycles. The minimum atomic E-state index is -0.489. The van der Waals surface area contributed by atoms with Crippen molar-refractivity contribution in [3.05, 3.63) is 77.6 Å². The Kier molecular flexibility index (Phi) is 10.3. The van der Waals surface area contributed by atoms with Crippen LogP contribution >= 0.6 is 0 Å². The molecule has 3 atom stereocenters. The van der Waals surface area contributed by atoms with Gasteiger partial charge in [0.25, 0.3) is 11.8 Å². The van der Waals surface area contributed by atoms with Crippen molar-refractivity contribution in [3.63, 3.8) is 0 Å². The number of para-hydroxylation sites is 1. The molecule has 2 amide bonds. The Labute approximate surface area is 253 Å². The lowest BCUT2D eigenvalue weighted by atomic mass is 9.75. The number of aliphatic hydroxyl groups is 1. The molecule has 0 saturated heterocycles. The number of fused-ring (bicyclic) bond motifs is 1. The van der Waals surface area contributed by atoms with Crippen LogP contribution in [-0.4, -0.2) is 76.4 Å². The third kappa shape index (κ3) is 7.44. The highest BCUT2D eigenvalue weighted by atomic mass is 16.7. The van der Waals surface area contributed by atoms with E-state index < -0.39 is 17.9 Å². The Balaban J connectivity index is 1.48. The monoisotopic (exact) mass is 590 g/mol. The molecule has 1 aliphatic heterocycles. The minimum Gasteiger partial charge on any atom is -0.505 e. The number of carbonyl (C=O) groups excluding carboxylic acids is 2. The Hall–Kier alpha value is -4.15. The number of rotatable bonds is 13. The highest BCUT2D eigenvalue weighted by Gasteiger charge is 2.35. The van der Waals surface area contributed by atoms with Crippen molar-refractivity contribution in [2.75, 3.05) is 38.9 Å². The molecule has 1 aliphatic rings. The van der Waals surface area contributed by atoms with Crippen LogP contribution in [0.2, 0.25) is 0 Å². The van der Waals surface area contributed by atoms with Crippen LogP contribution in [0.3, 0.4) is 0 Å². The number of hydrogen-bond acceptors (Lipinski definition) is 8. The molecule has 4 rings (SSSR count). The zero-order valence-electron chi connectivity index (χ0n) is 25.5. The number of pyridine rings is 1. The molecule has 10 heteroatoms. The summed E-state index contributed by atoms with van der Waals surface area (Å²) in [4.78, 5) is 34.4. The van der Waals surface area contributed by atoms with Gasteiger partial charge in [0.15, 0.2) is 17.2 Å².